The van der Waals surface area contributed by atoms with Crippen LogP contribution in [0.4, 0.5) is 0 Å². The minimum atomic E-state index is -0.256. The third-order valence-corrected chi connectivity index (χ3v) is 7.34. The van der Waals surface area contributed by atoms with Gasteiger partial charge in [0.05, 0.1) is 24.5 Å². The summed E-state index contributed by atoms with van der Waals surface area (Å²) in [4.78, 5) is 26.6. The van der Waals surface area contributed by atoms with E-state index in [0.29, 0.717) is 13.0 Å². The van der Waals surface area contributed by atoms with E-state index in [9.17, 15) is 14.7 Å². The van der Waals surface area contributed by atoms with E-state index in [0.717, 1.165) is 34.9 Å². The molecule has 160 valence electrons. The smallest absolute Gasteiger partial charge is 0.233 e. The van der Waals surface area contributed by atoms with Gasteiger partial charge in [-0.25, -0.2) is 0 Å². The molecule has 2 fully saturated rings. The third-order valence-electron chi connectivity index (χ3n) is 6.85. The van der Waals surface area contributed by atoms with Crippen molar-refractivity contribution in [3.63, 3.8) is 0 Å². The number of phenols is 1. The Kier molecular flexibility index (Phi) is 5.90. The molecular weight excluding hydrogens is 446 g/mol. The van der Waals surface area contributed by atoms with Crippen LogP contribution in [0.5, 0.6) is 5.75 Å². The van der Waals surface area contributed by atoms with Crippen molar-refractivity contribution in [3.05, 3.63) is 45.0 Å². The molecule has 2 aliphatic heterocycles. The molecule has 0 unspecified atom stereocenters. The number of carbonyl (C=O) groups excluding carboxylic acids is 2. The normalized spacial score (nSPS) is 28.9. The molecular formula is C24H28BrNO4. The number of imide groups is 1. The molecule has 30 heavy (non-hydrogen) atoms. The van der Waals surface area contributed by atoms with Crippen molar-refractivity contribution in [2.24, 2.45) is 17.8 Å². The summed E-state index contributed by atoms with van der Waals surface area (Å²) >= 11 is 3.45. The van der Waals surface area contributed by atoms with Crippen molar-refractivity contribution < 1.29 is 19.4 Å². The first kappa shape index (κ1) is 21.3. The lowest BCUT2D eigenvalue weighted by molar-refractivity contribution is -0.138. The van der Waals surface area contributed by atoms with E-state index in [-0.39, 0.29) is 41.4 Å². The quantitative estimate of drug-likeness (QED) is 0.497. The molecule has 0 spiro atoms. The summed E-state index contributed by atoms with van der Waals surface area (Å²) in [6, 6.07) is 5.40. The lowest BCUT2D eigenvalue weighted by Crippen LogP contribution is -2.33. The molecule has 0 aromatic heterocycles. The Balaban J connectivity index is 1.52. The Labute approximate surface area is 185 Å². The lowest BCUT2D eigenvalue weighted by Gasteiger charge is -2.31. The molecule has 0 saturated carbocycles. The Bertz CT molecular complexity index is 951. The molecule has 4 atom stereocenters. The third kappa shape index (κ3) is 3.65. The van der Waals surface area contributed by atoms with Crippen molar-refractivity contribution in [1.82, 2.24) is 4.90 Å². The number of carbonyl (C=O) groups is 2. The highest BCUT2D eigenvalue weighted by atomic mass is 79.9. The number of nitrogens with zero attached hydrogens (tertiary/aromatic N) is 1. The van der Waals surface area contributed by atoms with E-state index in [2.05, 4.69) is 29.8 Å². The number of fused-ring (bicyclic) bond motifs is 3. The van der Waals surface area contributed by atoms with Gasteiger partial charge in [-0.1, -0.05) is 40.1 Å². The summed E-state index contributed by atoms with van der Waals surface area (Å²) in [5.74, 6) is -0.261. The molecule has 1 N–H and O–H groups in total. The molecule has 4 rings (SSSR count). The zero-order valence-electron chi connectivity index (χ0n) is 17.7. The van der Waals surface area contributed by atoms with Crippen molar-refractivity contribution in [1.29, 1.82) is 0 Å². The fourth-order valence-electron chi connectivity index (χ4n) is 5.31. The molecule has 1 aliphatic carbocycles. The fraction of sp³-hybridized carbons (Fsp3) is 0.500. The van der Waals surface area contributed by atoms with E-state index in [1.54, 1.807) is 13.1 Å². The van der Waals surface area contributed by atoms with E-state index in [1.807, 2.05) is 18.2 Å². The van der Waals surface area contributed by atoms with Crippen LogP contribution in [0.1, 0.15) is 45.1 Å². The number of halogens is 1. The number of hydrogen-bond donors (Lipinski definition) is 1. The van der Waals surface area contributed by atoms with Crippen LogP contribution in [0, 0.1) is 17.8 Å². The summed E-state index contributed by atoms with van der Waals surface area (Å²) in [7, 11) is 1.60. The summed E-state index contributed by atoms with van der Waals surface area (Å²) in [5, 5.41) is 10.1. The fourth-order valence-corrected chi connectivity index (χ4v) is 5.69. The second-order valence-corrected chi connectivity index (χ2v) is 9.56. The Morgan fingerprint density at radius 3 is 2.80 bits per heavy atom. The lowest BCUT2D eigenvalue weighted by atomic mass is 9.69. The topological polar surface area (TPSA) is 66.8 Å². The summed E-state index contributed by atoms with van der Waals surface area (Å²) in [5.41, 5.74) is 4.52. The molecule has 5 nitrogen and oxygen atoms in total. The SMILES string of the molecule is CCC1=C2[C@@H](CC/C(C)=C/c3cc(Br)ccc3O)OC[C@@H]2[C@@H]2C(=O)N(C)C(=O)[C@@H]2C1. The zero-order valence-corrected chi connectivity index (χ0v) is 19.2. The van der Waals surface area contributed by atoms with Crippen LogP contribution in [-0.2, 0) is 14.3 Å². The maximum atomic E-state index is 12.7. The van der Waals surface area contributed by atoms with E-state index >= 15 is 0 Å². The molecule has 0 radical (unpaired) electrons. The highest BCUT2D eigenvalue weighted by Crippen LogP contribution is 2.50. The van der Waals surface area contributed by atoms with Gasteiger partial charge in [-0.2, -0.15) is 0 Å². The molecule has 6 heteroatoms. The van der Waals surface area contributed by atoms with Gasteiger partial charge in [-0.3, -0.25) is 14.5 Å². The average molecular weight is 474 g/mol. The first-order chi connectivity index (χ1) is 14.3. The van der Waals surface area contributed by atoms with Crippen LogP contribution in [0.3, 0.4) is 0 Å². The van der Waals surface area contributed by atoms with Gasteiger partial charge in [0.25, 0.3) is 0 Å². The Morgan fingerprint density at radius 2 is 2.07 bits per heavy atom. The van der Waals surface area contributed by atoms with Gasteiger partial charge in [-0.05, 0) is 56.4 Å². The minimum absolute atomic E-state index is 0.000774. The maximum absolute atomic E-state index is 12.7. The number of likely N-dealkylation sites (tertiary alicyclic amines) is 1. The van der Waals surface area contributed by atoms with Crippen molar-refractivity contribution in [2.75, 3.05) is 13.7 Å². The van der Waals surface area contributed by atoms with E-state index < -0.39 is 0 Å². The molecule has 3 aliphatic rings. The average Bonchev–Trinajstić information content (AvgIpc) is 3.24. The second kappa shape index (κ2) is 8.31. The van der Waals surface area contributed by atoms with Crippen LogP contribution >= 0.6 is 15.9 Å². The predicted molar refractivity (Wildman–Crippen MR) is 119 cm³/mol. The Morgan fingerprint density at radius 1 is 1.30 bits per heavy atom. The van der Waals surface area contributed by atoms with Crippen LogP contribution in [0.2, 0.25) is 0 Å². The largest absolute Gasteiger partial charge is 0.507 e. The monoisotopic (exact) mass is 473 g/mol. The molecule has 2 heterocycles. The van der Waals surface area contributed by atoms with Gasteiger partial charge in [-0.15, -0.1) is 0 Å². The van der Waals surface area contributed by atoms with Gasteiger partial charge in [0.1, 0.15) is 5.75 Å². The zero-order chi connectivity index (χ0) is 21.6. The van der Waals surface area contributed by atoms with E-state index in [4.69, 9.17) is 4.74 Å². The predicted octanol–water partition coefficient (Wildman–Crippen LogP) is 4.69. The van der Waals surface area contributed by atoms with Crippen molar-refractivity contribution in [3.8, 4) is 5.75 Å². The standard InChI is InChI=1S/C24H28BrNO4/c1-4-14-11-17-22(24(29)26(3)23(17)28)18-12-30-20(21(14)18)8-5-13(2)9-15-10-16(25)6-7-19(15)27/h6-7,9-10,17-18,20,22,27H,4-5,8,11-12H2,1-3H3/b13-9+/t17-,18+,20-,22-/m1/s1. The number of benzene rings is 1. The first-order valence-corrected chi connectivity index (χ1v) is 11.4. The van der Waals surface area contributed by atoms with Gasteiger partial charge in [0.15, 0.2) is 0 Å². The van der Waals surface area contributed by atoms with Crippen LogP contribution in [0.25, 0.3) is 6.08 Å². The second-order valence-electron chi connectivity index (χ2n) is 8.65. The Hall–Kier alpha value is -1.92. The summed E-state index contributed by atoms with van der Waals surface area (Å²) in [6.45, 7) is 4.71. The maximum Gasteiger partial charge on any atom is 0.233 e. The number of allylic oxidation sites excluding steroid dienone is 2. The van der Waals surface area contributed by atoms with Crippen LogP contribution < -0.4 is 0 Å². The van der Waals surface area contributed by atoms with Gasteiger partial charge in [0.2, 0.25) is 11.8 Å². The molecule has 1 aromatic rings. The molecule has 1 aromatic carbocycles. The van der Waals surface area contributed by atoms with Crippen LogP contribution in [0.15, 0.2) is 39.4 Å². The van der Waals surface area contributed by atoms with Gasteiger partial charge in [0, 0.05) is 23.0 Å². The molecule has 0 bridgehead atoms. The number of phenolic OH excluding ortho intramolecular Hbond substituents is 1. The van der Waals surface area contributed by atoms with Gasteiger partial charge < -0.3 is 9.84 Å². The van der Waals surface area contributed by atoms with Crippen LogP contribution in [-0.4, -0.2) is 41.6 Å². The van der Waals surface area contributed by atoms with Gasteiger partial charge >= 0.3 is 0 Å². The number of rotatable bonds is 5. The minimum Gasteiger partial charge on any atom is -0.507 e. The number of aromatic hydroxyl groups is 1. The molecule has 2 amide bonds. The summed E-state index contributed by atoms with van der Waals surface area (Å²) < 4.78 is 7.11. The van der Waals surface area contributed by atoms with Crippen molar-refractivity contribution in [2.45, 2.75) is 45.6 Å². The molecule has 2 saturated heterocycles. The summed E-state index contributed by atoms with van der Waals surface area (Å²) in [6.07, 6.45) is 5.25. The first-order valence-electron chi connectivity index (χ1n) is 10.6. The van der Waals surface area contributed by atoms with Crippen molar-refractivity contribution >= 4 is 33.8 Å². The number of amides is 2. The highest BCUT2D eigenvalue weighted by Gasteiger charge is 2.55. The van der Waals surface area contributed by atoms with E-state index in [1.165, 1.54) is 16.0 Å². The highest BCUT2D eigenvalue weighted by molar-refractivity contribution is 9.10. The number of hydrogen-bond acceptors (Lipinski definition) is 4. The number of ether oxygens (including phenoxy) is 1.